The van der Waals surface area contributed by atoms with E-state index < -0.39 is 5.97 Å². The Kier molecular flexibility index (Phi) is 7.95. The van der Waals surface area contributed by atoms with E-state index in [9.17, 15) is 9.59 Å². The number of ether oxygens (including phenoxy) is 2. The summed E-state index contributed by atoms with van der Waals surface area (Å²) in [4.78, 5) is 26.4. The molecule has 0 spiro atoms. The van der Waals surface area contributed by atoms with E-state index >= 15 is 0 Å². The van der Waals surface area contributed by atoms with Crippen LogP contribution in [0.4, 0.5) is 0 Å². The number of unbranched alkanes of at least 4 members (excludes halogenated alkanes) is 2. The first-order valence-electron chi connectivity index (χ1n) is 9.74. The summed E-state index contributed by atoms with van der Waals surface area (Å²) in [5.41, 5.74) is 0.429. The number of carbonyl (C=O) groups excluding carboxylic acids is 2. The van der Waals surface area contributed by atoms with Crippen molar-refractivity contribution in [2.45, 2.75) is 71.4 Å². The molecule has 1 saturated heterocycles. The molecule has 0 N–H and O–H groups in total. The van der Waals surface area contributed by atoms with Gasteiger partial charge in [-0.15, -0.1) is 0 Å². The van der Waals surface area contributed by atoms with Gasteiger partial charge in [0.15, 0.2) is 6.61 Å². The van der Waals surface area contributed by atoms with Crippen molar-refractivity contribution in [1.29, 1.82) is 0 Å². The molecule has 144 valence electrons. The third-order valence-electron chi connectivity index (χ3n) is 4.91. The Morgan fingerprint density at radius 3 is 2.35 bits per heavy atom. The average Bonchev–Trinajstić information content (AvgIpc) is 2.63. The van der Waals surface area contributed by atoms with Gasteiger partial charge in [0.1, 0.15) is 5.75 Å². The molecule has 0 radical (unpaired) electrons. The molecule has 1 fully saturated rings. The first-order valence-corrected chi connectivity index (χ1v) is 9.74. The lowest BCUT2D eigenvalue weighted by Gasteiger charge is -2.38. The predicted molar refractivity (Wildman–Crippen MR) is 101 cm³/mol. The number of benzene rings is 1. The largest absolute Gasteiger partial charge is 0.494 e. The molecule has 1 amide bonds. The Morgan fingerprint density at radius 2 is 1.73 bits per heavy atom. The fourth-order valence-electron chi connectivity index (χ4n) is 3.43. The van der Waals surface area contributed by atoms with E-state index in [1.54, 1.807) is 24.3 Å². The Morgan fingerprint density at radius 1 is 1.08 bits per heavy atom. The van der Waals surface area contributed by atoms with E-state index in [1.165, 1.54) is 0 Å². The number of carbonyl (C=O) groups is 2. The van der Waals surface area contributed by atoms with Crippen molar-refractivity contribution < 1.29 is 19.1 Å². The van der Waals surface area contributed by atoms with Crippen LogP contribution in [-0.4, -0.2) is 42.1 Å². The highest BCUT2D eigenvalue weighted by molar-refractivity contribution is 5.91. The molecule has 1 heterocycles. The molecule has 1 aromatic rings. The third-order valence-corrected chi connectivity index (χ3v) is 4.91. The summed E-state index contributed by atoms with van der Waals surface area (Å²) in [5, 5.41) is 0. The highest BCUT2D eigenvalue weighted by atomic mass is 16.5. The van der Waals surface area contributed by atoms with Crippen LogP contribution in [0.15, 0.2) is 24.3 Å². The van der Waals surface area contributed by atoms with Gasteiger partial charge in [0.05, 0.1) is 12.2 Å². The second-order valence-corrected chi connectivity index (χ2v) is 7.09. The van der Waals surface area contributed by atoms with Crippen LogP contribution >= 0.6 is 0 Å². The topological polar surface area (TPSA) is 55.8 Å². The van der Waals surface area contributed by atoms with E-state index in [1.807, 2.05) is 4.90 Å². The number of hydrogen-bond acceptors (Lipinski definition) is 4. The summed E-state index contributed by atoms with van der Waals surface area (Å²) in [6.45, 7) is 6.72. The predicted octanol–water partition coefficient (Wildman–Crippen LogP) is 4.20. The van der Waals surface area contributed by atoms with Crippen LogP contribution < -0.4 is 4.74 Å². The molecule has 2 rings (SSSR count). The molecule has 0 saturated carbocycles. The molecule has 1 aliphatic heterocycles. The van der Waals surface area contributed by atoms with Gasteiger partial charge in [-0.25, -0.2) is 4.79 Å². The number of piperidine rings is 1. The first kappa shape index (κ1) is 20.3. The van der Waals surface area contributed by atoms with Crippen molar-refractivity contribution in [3.05, 3.63) is 29.8 Å². The number of nitrogens with zero attached hydrogens (tertiary/aromatic N) is 1. The maximum absolute atomic E-state index is 12.4. The lowest BCUT2D eigenvalue weighted by atomic mass is 9.97. The molecule has 5 nitrogen and oxygen atoms in total. The molecule has 26 heavy (non-hydrogen) atoms. The number of amides is 1. The van der Waals surface area contributed by atoms with Crippen molar-refractivity contribution in [3.63, 3.8) is 0 Å². The molecular formula is C21H31NO4. The number of likely N-dealkylation sites (tertiary alicyclic amines) is 1. The molecular weight excluding hydrogens is 330 g/mol. The summed E-state index contributed by atoms with van der Waals surface area (Å²) in [6, 6.07) is 7.28. The highest BCUT2D eigenvalue weighted by Crippen LogP contribution is 2.22. The zero-order valence-electron chi connectivity index (χ0n) is 16.2. The Bertz CT molecular complexity index is 574. The molecule has 1 aromatic carbocycles. The van der Waals surface area contributed by atoms with Crippen LogP contribution in [0.2, 0.25) is 0 Å². The van der Waals surface area contributed by atoms with E-state index in [4.69, 9.17) is 9.47 Å². The zero-order chi connectivity index (χ0) is 18.9. The first-order chi connectivity index (χ1) is 12.5. The van der Waals surface area contributed by atoms with Gasteiger partial charge in [-0.3, -0.25) is 4.79 Å². The molecule has 2 unspecified atom stereocenters. The number of esters is 1. The van der Waals surface area contributed by atoms with Gasteiger partial charge in [0.2, 0.25) is 0 Å². The molecule has 2 atom stereocenters. The molecule has 0 bridgehead atoms. The summed E-state index contributed by atoms with van der Waals surface area (Å²) in [6.07, 6.45) is 6.47. The number of hydrogen-bond donors (Lipinski definition) is 0. The van der Waals surface area contributed by atoms with Crippen LogP contribution in [0.5, 0.6) is 5.75 Å². The minimum atomic E-state index is -0.479. The lowest BCUT2D eigenvalue weighted by molar-refractivity contribution is -0.140. The Balaban J connectivity index is 1.81. The van der Waals surface area contributed by atoms with Gasteiger partial charge < -0.3 is 14.4 Å². The van der Waals surface area contributed by atoms with Gasteiger partial charge in [0, 0.05) is 12.1 Å². The van der Waals surface area contributed by atoms with E-state index in [0.717, 1.165) is 44.3 Å². The normalized spacial score (nSPS) is 19.9. The van der Waals surface area contributed by atoms with Gasteiger partial charge in [0.25, 0.3) is 5.91 Å². The average molecular weight is 361 g/mol. The van der Waals surface area contributed by atoms with Crippen molar-refractivity contribution >= 4 is 11.9 Å². The second-order valence-electron chi connectivity index (χ2n) is 7.09. The van der Waals surface area contributed by atoms with Crippen molar-refractivity contribution in [2.75, 3.05) is 13.2 Å². The highest BCUT2D eigenvalue weighted by Gasteiger charge is 2.29. The summed E-state index contributed by atoms with van der Waals surface area (Å²) in [5.74, 6) is 0.145. The van der Waals surface area contributed by atoms with Crippen molar-refractivity contribution in [1.82, 2.24) is 4.90 Å². The SMILES string of the molecule is CCCCCOc1ccc(C(=O)OCC(=O)N2C(C)CCCC2C)cc1. The summed E-state index contributed by atoms with van der Waals surface area (Å²) >= 11 is 0. The van der Waals surface area contributed by atoms with Crippen LogP contribution in [0.1, 0.15) is 69.7 Å². The van der Waals surface area contributed by atoms with Gasteiger partial charge in [-0.1, -0.05) is 19.8 Å². The lowest BCUT2D eigenvalue weighted by Crippen LogP contribution is -2.49. The molecule has 0 aliphatic carbocycles. The molecule has 0 aromatic heterocycles. The number of rotatable bonds is 8. The van der Waals surface area contributed by atoms with Gasteiger partial charge in [-0.05, 0) is 63.8 Å². The van der Waals surface area contributed by atoms with Gasteiger partial charge in [-0.2, -0.15) is 0 Å². The maximum Gasteiger partial charge on any atom is 0.338 e. The smallest absolute Gasteiger partial charge is 0.338 e. The Labute approximate surface area is 156 Å². The van der Waals surface area contributed by atoms with Crippen molar-refractivity contribution in [2.24, 2.45) is 0 Å². The van der Waals surface area contributed by atoms with E-state index in [0.29, 0.717) is 12.2 Å². The monoisotopic (exact) mass is 361 g/mol. The fraction of sp³-hybridized carbons (Fsp3) is 0.619. The van der Waals surface area contributed by atoms with Gasteiger partial charge >= 0.3 is 5.97 Å². The van der Waals surface area contributed by atoms with Crippen LogP contribution in [0.25, 0.3) is 0 Å². The zero-order valence-corrected chi connectivity index (χ0v) is 16.2. The standard InChI is InChI=1S/C21H31NO4/c1-4-5-6-14-25-19-12-10-18(11-13-19)21(24)26-15-20(23)22-16(2)8-7-9-17(22)3/h10-13,16-17H,4-9,14-15H2,1-3H3. The Hall–Kier alpha value is -2.04. The van der Waals surface area contributed by atoms with E-state index in [-0.39, 0.29) is 24.6 Å². The summed E-state index contributed by atoms with van der Waals surface area (Å²) in [7, 11) is 0. The quantitative estimate of drug-likeness (QED) is 0.514. The molecule has 5 heteroatoms. The maximum atomic E-state index is 12.4. The third kappa shape index (κ3) is 5.75. The van der Waals surface area contributed by atoms with Crippen molar-refractivity contribution in [3.8, 4) is 5.75 Å². The molecule has 1 aliphatic rings. The van der Waals surface area contributed by atoms with Crippen LogP contribution in [-0.2, 0) is 9.53 Å². The minimum absolute atomic E-state index is 0.117. The van der Waals surface area contributed by atoms with E-state index in [2.05, 4.69) is 20.8 Å². The fourth-order valence-corrected chi connectivity index (χ4v) is 3.43. The summed E-state index contributed by atoms with van der Waals surface area (Å²) < 4.78 is 10.9. The van der Waals surface area contributed by atoms with Crippen LogP contribution in [0, 0.1) is 0 Å². The van der Waals surface area contributed by atoms with Crippen LogP contribution in [0.3, 0.4) is 0 Å². The minimum Gasteiger partial charge on any atom is -0.494 e. The second kappa shape index (κ2) is 10.2.